The van der Waals surface area contributed by atoms with Crippen molar-refractivity contribution in [2.24, 2.45) is 5.92 Å². The van der Waals surface area contributed by atoms with Crippen LogP contribution in [0.4, 0.5) is 0 Å². The molecule has 0 aliphatic carbocycles. The second kappa shape index (κ2) is 8.24. The first-order valence-corrected chi connectivity index (χ1v) is 2.54. The van der Waals surface area contributed by atoms with Gasteiger partial charge < -0.3 is 4.79 Å². The van der Waals surface area contributed by atoms with Gasteiger partial charge in [-0.3, -0.25) is 0 Å². The second-order valence-corrected chi connectivity index (χ2v) is 2.00. The zero-order chi connectivity index (χ0) is 5.70. The molecule has 0 N–H and O–H groups in total. The number of aldehydes is 1. The van der Waals surface area contributed by atoms with Crippen LogP contribution in [0.1, 0.15) is 20.3 Å². The van der Waals surface area contributed by atoms with E-state index in [1.807, 2.05) is 0 Å². The van der Waals surface area contributed by atoms with Gasteiger partial charge in [0, 0.05) is 6.42 Å². The Labute approximate surface area is 91.3 Å². The molecule has 0 aromatic rings. The molecule has 0 aromatic heterocycles. The standard InChI is InChI=1S/C6H11O.Ba.2H/c1-6(2)4-3-5-7;;;/h3,5-6H,4H2,1-2H3;;;. The fraction of sp³-hybridized carbons (Fsp3) is 0.667. The van der Waals surface area contributed by atoms with Crippen LogP contribution in [0.3, 0.4) is 0 Å². The molecule has 0 saturated carbocycles. The van der Waals surface area contributed by atoms with E-state index in [4.69, 9.17) is 0 Å². The predicted octanol–water partition coefficient (Wildman–Crippen LogP) is 0.519. The van der Waals surface area contributed by atoms with Gasteiger partial charge in [-0.25, -0.2) is 0 Å². The van der Waals surface area contributed by atoms with E-state index in [2.05, 4.69) is 13.8 Å². The Balaban J connectivity index is 0. The summed E-state index contributed by atoms with van der Waals surface area (Å²) in [4.78, 5) is 9.65. The molecule has 0 saturated heterocycles. The quantitative estimate of drug-likeness (QED) is 0.518. The van der Waals surface area contributed by atoms with Crippen molar-refractivity contribution in [3.05, 3.63) is 6.42 Å². The van der Waals surface area contributed by atoms with Gasteiger partial charge in [-0.1, -0.05) is 13.8 Å². The van der Waals surface area contributed by atoms with Crippen LogP contribution in [-0.4, -0.2) is 55.2 Å². The summed E-state index contributed by atoms with van der Waals surface area (Å²) in [5, 5.41) is 0. The molecule has 0 unspecified atom stereocenters. The van der Waals surface area contributed by atoms with Gasteiger partial charge in [0.15, 0.2) is 0 Å². The monoisotopic (exact) mass is 239 g/mol. The van der Waals surface area contributed by atoms with E-state index in [9.17, 15) is 4.79 Å². The Morgan fingerprint density at radius 3 is 2.12 bits per heavy atom. The minimum absolute atomic E-state index is 0. The van der Waals surface area contributed by atoms with E-state index in [1.54, 1.807) is 6.42 Å². The molecule has 0 aliphatic heterocycles. The van der Waals surface area contributed by atoms with Crippen LogP contribution in [0.25, 0.3) is 0 Å². The molecule has 45 valence electrons. The van der Waals surface area contributed by atoms with E-state index in [1.165, 1.54) is 0 Å². The van der Waals surface area contributed by atoms with Crippen LogP contribution in [-0.2, 0) is 4.79 Å². The molecule has 0 atom stereocenters. The van der Waals surface area contributed by atoms with Crippen LogP contribution in [0, 0.1) is 12.3 Å². The van der Waals surface area contributed by atoms with Crippen molar-refractivity contribution in [3.8, 4) is 0 Å². The van der Waals surface area contributed by atoms with Crippen LogP contribution >= 0.6 is 0 Å². The van der Waals surface area contributed by atoms with Gasteiger partial charge in [-0.2, -0.15) is 0 Å². The average Bonchev–Trinajstić information content (AvgIpc) is 1.61. The van der Waals surface area contributed by atoms with E-state index in [0.717, 1.165) is 12.7 Å². The summed E-state index contributed by atoms with van der Waals surface area (Å²) >= 11 is 0. The molecule has 1 radical (unpaired) electrons. The molecule has 0 fully saturated rings. The molecule has 0 bridgehead atoms. The summed E-state index contributed by atoms with van der Waals surface area (Å²) in [6.45, 7) is 4.17. The third-order valence-electron chi connectivity index (χ3n) is 0.704. The number of hydrogen-bond donors (Lipinski definition) is 0. The Hall–Kier alpha value is 1.24. The van der Waals surface area contributed by atoms with Gasteiger partial charge in [-0.15, -0.1) is 0 Å². The van der Waals surface area contributed by atoms with Crippen LogP contribution in [0.5, 0.6) is 0 Å². The summed E-state index contributed by atoms with van der Waals surface area (Å²) in [7, 11) is 0. The summed E-state index contributed by atoms with van der Waals surface area (Å²) in [5.41, 5.74) is 0. The number of carbonyl (C=O) groups excluding carboxylic acids is 1. The fourth-order valence-corrected chi connectivity index (χ4v) is 0.328. The molecule has 0 aromatic carbocycles. The van der Waals surface area contributed by atoms with Crippen molar-refractivity contribution in [2.45, 2.75) is 20.3 Å². The third-order valence-corrected chi connectivity index (χ3v) is 0.704. The van der Waals surface area contributed by atoms with E-state index < -0.39 is 0 Å². The van der Waals surface area contributed by atoms with Crippen molar-refractivity contribution < 1.29 is 4.79 Å². The molecule has 1 nitrogen and oxygen atoms in total. The van der Waals surface area contributed by atoms with Gasteiger partial charge >= 0.3 is 48.9 Å². The van der Waals surface area contributed by atoms with Crippen molar-refractivity contribution >= 4 is 55.2 Å². The van der Waals surface area contributed by atoms with Gasteiger partial charge in [-0.05, 0) is 12.3 Å². The van der Waals surface area contributed by atoms with Crippen molar-refractivity contribution in [3.63, 3.8) is 0 Å². The summed E-state index contributed by atoms with van der Waals surface area (Å²) in [6.07, 6.45) is 3.40. The summed E-state index contributed by atoms with van der Waals surface area (Å²) in [6, 6.07) is 0. The van der Waals surface area contributed by atoms with Crippen LogP contribution in [0.2, 0.25) is 0 Å². The summed E-state index contributed by atoms with van der Waals surface area (Å²) < 4.78 is 0. The number of carbonyl (C=O) groups is 1. The van der Waals surface area contributed by atoms with E-state index in [0.29, 0.717) is 5.92 Å². The normalized spacial score (nSPS) is 8.38. The van der Waals surface area contributed by atoms with E-state index in [-0.39, 0.29) is 48.9 Å². The summed E-state index contributed by atoms with van der Waals surface area (Å²) in [5.74, 6) is 0.616. The Bertz CT molecular complexity index is 52.5. The van der Waals surface area contributed by atoms with Crippen molar-refractivity contribution in [1.82, 2.24) is 0 Å². The molecule has 0 rings (SSSR count). The van der Waals surface area contributed by atoms with Gasteiger partial charge in [0.1, 0.15) is 6.29 Å². The molecule has 0 heterocycles. The fourth-order valence-electron chi connectivity index (χ4n) is 0.328. The van der Waals surface area contributed by atoms with Crippen molar-refractivity contribution in [2.75, 3.05) is 0 Å². The molecule has 0 aliphatic rings. The Morgan fingerprint density at radius 2 is 2.00 bits per heavy atom. The second-order valence-electron chi connectivity index (χ2n) is 2.00. The first kappa shape index (κ1) is 12.0. The molecular formula is C6H13BaO. The van der Waals surface area contributed by atoms with Gasteiger partial charge in [0.2, 0.25) is 0 Å². The SMILES string of the molecule is CC(C)C[CH]C=O.[BaH2]. The van der Waals surface area contributed by atoms with Crippen LogP contribution in [0.15, 0.2) is 0 Å². The van der Waals surface area contributed by atoms with Crippen molar-refractivity contribution in [1.29, 1.82) is 0 Å². The number of rotatable bonds is 3. The molecule has 0 spiro atoms. The first-order chi connectivity index (χ1) is 3.27. The zero-order valence-corrected chi connectivity index (χ0v) is 4.85. The van der Waals surface area contributed by atoms with Gasteiger partial charge in [0.25, 0.3) is 0 Å². The minimum atomic E-state index is 0. The molecule has 0 amide bonds. The third kappa shape index (κ3) is 10.3. The topological polar surface area (TPSA) is 17.1 Å². The maximum absolute atomic E-state index is 9.65. The predicted molar refractivity (Wildman–Crippen MR) is 38.4 cm³/mol. The molecule has 8 heavy (non-hydrogen) atoms. The Morgan fingerprint density at radius 1 is 1.50 bits per heavy atom. The Kier molecular flexibility index (Phi) is 12.3. The van der Waals surface area contributed by atoms with Gasteiger partial charge in [0.05, 0.1) is 0 Å². The van der Waals surface area contributed by atoms with E-state index >= 15 is 0 Å². The first-order valence-electron chi connectivity index (χ1n) is 2.54. The molecular weight excluding hydrogens is 225 g/mol. The average molecular weight is 238 g/mol. The zero-order valence-electron chi connectivity index (χ0n) is 4.85. The van der Waals surface area contributed by atoms with Crippen LogP contribution < -0.4 is 0 Å². The maximum atomic E-state index is 9.65. The number of hydrogen-bond acceptors (Lipinski definition) is 1. The molecule has 2 heteroatoms.